The van der Waals surface area contributed by atoms with Crippen LogP contribution in [0, 0.1) is 0 Å². The molecule has 1 aliphatic heterocycles. The number of nitrogens with one attached hydrogen (secondary N) is 1. The molecule has 6 nitrogen and oxygen atoms in total. The maximum atomic E-state index is 13.3. The molecule has 0 spiro atoms. The smallest absolute Gasteiger partial charge is 0.329 e. The molecule has 1 N–H and O–H groups in total. The first-order chi connectivity index (χ1) is 9.03. The van der Waals surface area contributed by atoms with Crippen molar-refractivity contribution in [2.75, 3.05) is 19.7 Å². The molecule has 1 amide bonds. The first kappa shape index (κ1) is 16.9. The van der Waals surface area contributed by atoms with Crippen molar-refractivity contribution in [1.29, 1.82) is 0 Å². The van der Waals surface area contributed by atoms with E-state index in [0.717, 1.165) is 0 Å². The molecule has 1 unspecified atom stereocenters. The lowest BCUT2D eigenvalue weighted by atomic mass is 10.2. The highest BCUT2D eigenvalue weighted by Crippen LogP contribution is 2.39. The van der Waals surface area contributed by atoms with Crippen LogP contribution in [0.15, 0.2) is 12.2 Å². The molecule has 1 rings (SSSR count). The fourth-order valence-electron chi connectivity index (χ4n) is 1.71. The van der Waals surface area contributed by atoms with Crippen molar-refractivity contribution in [3.63, 3.8) is 0 Å². The van der Waals surface area contributed by atoms with Crippen LogP contribution in [0.3, 0.4) is 0 Å². The number of carbonyl (C=O) groups excluding carboxylic acids is 1. The Labute approximate surface area is 114 Å². The van der Waals surface area contributed by atoms with Gasteiger partial charge in [0.15, 0.2) is 0 Å². The minimum absolute atomic E-state index is 0.184. The molecule has 1 atom stereocenters. The molecule has 0 bridgehead atoms. The minimum atomic E-state index is -5.33. The third-order valence-corrected chi connectivity index (χ3v) is 5.20. The Morgan fingerprint density at radius 2 is 1.90 bits per heavy atom. The zero-order valence-corrected chi connectivity index (χ0v) is 11.8. The van der Waals surface area contributed by atoms with Gasteiger partial charge in [-0.3, -0.25) is 4.79 Å². The maximum absolute atomic E-state index is 13.3. The van der Waals surface area contributed by atoms with Crippen molar-refractivity contribution in [3.8, 4) is 0 Å². The highest BCUT2D eigenvalue weighted by atomic mass is 32.2. The molecule has 0 radical (unpaired) electrons. The fourth-order valence-corrected chi connectivity index (χ4v) is 3.48. The summed E-state index contributed by atoms with van der Waals surface area (Å²) in [7, 11) is -4.99. The second-order valence-corrected chi connectivity index (χ2v) is 6.09. The van der Waals surface area contributed by atoms with Crippen molar-refractivity contribution in [3.05, 3.63) is 12.2 Å². The van der Waals surface area contributed by atoms with Gasteiger partial charge >= 0.3 is 11.2 Å². The molecule has 1 heterocycles. The quantitative estimate of drug-likeness (QED) is 0.770. The van der Waals surface area contributed by atoms with Gasteiger partial charge in [-0.2, -0.15) is 17.5 Å². The van der Waals surface area contributed by atoms with Crippen LogP contribution in [0.25, 0.3) is 0 Å². The van der Waals surface area contributed by atoms with Crippen LogP contribution < -0.4 is 5.32 Å². The van der Waals surface area contributed by atoms with Crippen LogP contribution in [0.5, 0.6) is 0 Å². The third-order valence-electron chi connectivity index (χ3n) is 2.83. The number of halogens is 3. The van der Waals surface area contributed by atoms with Crippen molar-refractivity contribution in [2.45, 2.75) is 25.1 Å². The van der Waals surface area contributed by atoms with Crippen LogP contribution in [-0.4, -0.2) is 49.6 Å². The van der Waals surface area contributed by atoms with E-state index in [0.29, 0.717) is 4.31 Å². The van der Waals surface area contributed by atoms with Gasteiger partial charge in [0.25, 0.3) is 15.9 Å². The average Bonchev–Trinajstić information content (AvgIpc) is 2.32. The number of amides is 1. The third kappa shape index (κ3) is 2.42. The maximum Gasteiger partial charge on any atom is 0.454 e. The van der Waals surface area contributed by atoms with E-state index < -0.39 is 33.8 Å². The van der Waals surface area contributed by atoms with Crippen molar-refractivity contribution < 1.29 is 31.1 Å². The number of nitrogens with zero attached hydrogens (tertiary/aromatic N) is 1. The monoisotopic (exact) mass is 316 g/mol. The predicted octanol–water partition coefficient (Wildman–Crippen LogP) is 0.577. The topological polar surface area (TPSA) is 75.7 Å². The average molecular weight is 316 g/mol. The number of ether oxygens (including phenoxy) is 1. The highest BCUT2D eigenvalue weighted by molar-refractivity contribution is 7.90. The lowest BCUT2D eigenvalue weighted by Gasteiger charge is -2.40. The molecule has 1 aliphatic rings. The number of hydrogen-bond donors (Lipinski definition) is 1. The molecule has 1 saturated heterocycles. The normalized spacial score (nSPS) is 24.9. The zero-order valence-electron chi connectivity index (χ0n) is 11.0. The summed E-state index contributed by atoms with van der Waals surface area (Å²) in [6.45, 7) is 4.78. The van der Waals surface area contributed by atoms with E-state index in [-0.39, 0.29) is 18.7 Å². The number of hydrogen-bond acceptors (Lipinski definition) is 4. The first-order valence-corrected chi connectivity index (χ1v) is 7.18. The minimum Gasteiger partial charge on any atom is -0.329 e. The fraction of sp³-hybridized carbons (Fsp3) is 0.700. The summed E-state index contributed by atoms with van der Waals surface area (Å²) in [6.07, 6.45) is -5.33. The zero-order chi connectivity index (χ0) is 15.8. The second-order valence-electron chi connectivity index (χ2n) is 4.05. The molecule has 0 aromatic heterocycles. The Hall–Kier alpha value is -1.13. The molecule has 0 aromatic carbocycles. The Balaban J connectivity index is 3.42. The molecule has 116 valence electrons. The molecule has 20 heavy (non-hydrogen) atoms. The number of alkyl halides is 3. The molecular formula is C10H15F3N2O4S. The van der Waals surface area contributed by atoms with E-state index in [1.54, 1.807) is 0 Å². The van der Waals surface area contributed by atoms with Gasteiger partial charge in [-0.15, -0.1) is 0 Å². The predicted molar refractivity (Wildman–Crippen MR) is 63.9 cm³/mol. The summed E-state index contributed by atoms with van der Waals surface area (Å²) in [5.74, 6) is -1.20. The van der Waals surface area contributed by atoms with Crippen LogP contribution >= 0.6 is 0 Å². The summed E-state index contributed by atoms with van der Waals surface area (Å²) in [5.41, 5.74) is -0.278. The number of rotatable bonds is 4. The lowest BCUT2D eigenvalue weighted by molar-refractivity contribution is -0.254. The van der Waals surface area contributed by atoms with E-state index in [9.17, 15) is 26.4 Å². The van der Waals surface area contributed by atoms with Gasteiger partial charge < -0.3 is 10.1 Å². The van der Waals surface area contributed by atoms with Gasteiger partial charge in [-0.1, -0.05) is 20.4 Å². The van der Waals surface area contributed by atoms with Gasteiger partial charge in [0.1, 0.15) is 0 Å². The Morgan fingerprint density at radius 3 is 2.25 bits per heavy atom. The van der Waals surface area contributed by atoms with E-state index in [4.69, 9.17) is 0 Å². The second kappa shape index (κ2) is 5.34. The number of carbonyl (C=O) groups is 1. The van der Waals surface area contributed by atoms with E-state index in [2.05, 4.69) is 11.3 Å². The molecular weight excluding hydrogens is 301 g/mol. The molecule has 0 aromatic rings. The first-order valence-electron chi connectivity index (χ1n) is 5.74. The number of sulfonamides is 1. The SMILES string of the molecule is C=C1COC(C(F)(F)F)(S(=O)(=O)N(CC)CC)NC1=O. The summed E-state index contributed by atoms with van der Waals surface area (Å²) in [6, 6.07) is 0. The molecule has 10 heteroatoms. The molecule has 0 saturated carbocycles. The Bertz CT molecular complexity index is 513. The van der Waals surface area contributed by atoms with Crippen molar-refractivity contribution in [1.82, 2.24) is 9.62 Å². The van der Waals surface area contributed by atoms with Crippen molar-refractivity contribution >= 4 is 15.9 Å². The van der Waals surface area contributed by atoms with E-state index >= 15 is 0 Å². The molecule has 1 fully saturated rings. The Morgan fingerprint density at radius 1 is 1.40 bits per heavy atom. The van der Waals surface area contributed by atoms with E-state index in [1.165, 1.54) is 19.2 Å². The standard InChI is InChI=1S/C10H15F3N2O4S/c1-4-15(5-2)20(17,18)10(9(11,12)13)14-8(16)7(3)6-19-10/h3-6H2,1-2H3,(H,14,16). The molecule has 0 aliphatic carbocycles. The van der Waals surface area contributed by atoms with Gasteiger partial charge in [0, 0.05) is 18.7 Å². The highest BCUT2D eigenvalue weighted by Gasteiger charge is 2.69. The van der Waals surface area contributed by atoms with Gasteiger partial charge in [0.2, 0.25) is 0 Å². The summed E-state index contributed by atoms with van der Waals surface area (Å²) < 4.78 is 69.2. The lowest BCUT2D eigenvalue weighted by Crippen LogP contribution is -2.70. The largest absolute Gasteiger partial charge is 0.454 e. The van der Waals surface area contributed by atoms with Crippen LogP contribution in [0.1, 0.15) is 13.8 Å². The van der Waals surface area contributed by atoms with Crippen LogP contribution in [0.4, 0.5) is 13.2 Å². The van der Waals surface area contributed by atoms with Gasteiger partial charge in [-0.05, 0) is 0 Å². The van der Waals surface area contributed by atoms with E-state index in [1.807, 2.05) is 0 Å². The van der Waals surface area contributed by atoms with Crippen LogP contribution in [0.2, 0.25) is 0 Å². The summed E-state index contributed by atoms with van der Waals surface area (Å²) >= 11 is 0. The van der Waals surface area contributed by atoms with Crippen molar-refractivity contribution in [2.24, 2.45) is 0 Å². The van der Waals surface area contributed by atoms with Gasteiger partial charge in [0.05, 0.1) is 6.61 Å². The summed E-state index contributed by atoms with van der Waals surface area (Å²) in [4.78, 5) is 11.4. The van der Waals surface area contributed by atoms with Gasteiger partial charge in [-0.25, -0.2) is 8.42 Å². The summed E-state index contributed by atoms with van der Waals surface area (Å²) in [5, 5.41) is -2.38. The van der Waals surface area contributed by atoms with Crippen LogP contribution in [-0.2, 0) is 19.6 Å². The Kier molecular flexibility index (Phi) is 4.52.